The number of rotatable bonds is 3. The summed E-state index contributed by atoms with van der Waals surface area (Å²) in [6.07, 6.45) is 0. The summed E-state index contributed by atoms with van der Waals surface area (Å²) in [5, 5.41) is 5.35. The molecule has 3 atom stereocenters. The highest BCUT2D eigenvalue weighted by atomic mass is 16.2. The van der Waals surface area contributed by atoms with Crippen LogP contribution >= 0.6 is 0 Å². The summed E-state index contributed by atoms with van der Waals surface area (Å²) in [6.45, 7) is 3.03. The van der Waals surface area contributed by atoms with Crippen LogP contribution < -0.4 is 10.2 Å². The molecule has 1 fully saturated rings. The molecule has 5 heteroatoms. The van der Waals surface area contributed by atoms with Crippen molar-refractivity contribution < 1.29 is 9.59 Å². The first-order valence-corrected chi connectivity index (χ1v) is 10.8. The second-order valence-corrected chi connectivity index (χ2v) is 8.85. The molecule has 0 unspecified atom stereocenters. The Labute approximate surface area is 182 Å². The van der Waals surface area contributed by atoms with Crippen molar-refractivity contribution in [2.24, 2.45) is 5.92 Å². The van der Waals surface area contributed by atoms with E-state index in [1.807, 2.05) is 61.5 Å². The molecule has 0 aromatic heterocycles. The van der Waals surface area contributed by atoms with Crippen molar-refractivity contribution in [2.75, 3.05) is 32.1 Å². The Hall–Kier alpha value is -3.34. The number of nitrogens with zero attached hydrogens (tertiary/aromatic N) is 2. The second kappa shape index (κ2) is 7.41. The molecule has 1 heterocycles. The SMILES string of the molecule is CC(=O)N1C[C@H]2[C@@H](C1)c1ccccc1[C@@H]2NC(=O)c1ccc(N(C)C)c2ccccc12. The Morgan fingerprint density at radius 1 is 0.903 bits per heavy atom. The number of anilines is 1. The molecule has 1 aliphatic carbocycles. The number of fused-ring (bicyclic) bond motifs is 4. The van der Waals surface area contributed by atoms with Crippen molar-refractivity contribution in [1.29, 1.82) is 0 Å². The molecule has 1 aliphatic heterocycles. The summed E-state index contributed by atoms with van der Waals surface area (Å²) in [7, 11) is 4.02. The van der Waals surface area contributed by atoms with Gasteiger partial charge in [-0.05, 0) is 28.6 Å². The van der Waals surface area contributed by atoms with Crippen molar-refractivity contribution in [1.82, 2.24) is 10.2 Å². The van der Waals surface area contributed by atoms with Gasteiger partial charge in [0.25, 0.3) is 5.91 Å². The first kappa shape index (κ1) is 19.6. The molecule has 1 saturated heterocycles. The highest BCUT2D eigenvalue weighted by molar-refractivity contribution is 6.10. The molecule has 3 aromatic rings. The van der Waals surface area contributed by atoms with Crippen LogP contribution in [0.5, 0.6) is 0 Å². The van der Waals surface area contributed by atoms with Crippen LogP contribution in [-0.4, -0.2) is 43.9 Å². The molecule has 5 nitrogen and oxygen atoms in total. The number of carbonyl (C=O) groups excluding carboxylic acids is 2. The van der Waals surface area contributed by atoms with Gasteiger partial charge in [-0.3, -0.25) is 9.59 Å². The van der Waals surface area contributed by atoms with Gasteiger partial charge in [0.1, 0.15) is 0 Å². The highest BCUT2D eigenvalue weighted by Gasteiger charge is 2.47. The number of amides is 2. The molecule has 0 spiro atoms. The molecular formula is C26H27N3O2. The third-order valence-corrected chi connectivity index (χ3v) is 6.88. The fourth-order valence-electron chi connectivity index (χ4n) is 5.39. The van der Waals surface area contributed by atoms with Crippen LogP contribution in [-0.2, 0) is 4.79 Å². The fourth-order valence-corrected chi connectivity index (χ4v) is 5.39. The molecule has 1 N–H and O–H groups in total. The minimum absolute atomic E-state index is 0.0664. The zero-order valence-electron chi connectivity index (χ0n) is 18.1. The lowest BCUT2D eigenvalue weighted by Crippen LogP contribution is -2.34. The zero-order chi connectivity index (χ0) is 21.7. The first-order chi connectivity index (χ1) is 15.0. The number of hydrogen-bond donors (Lipinski definition) is 1. The topological polar surface area (TPSA) is 52.7 Å². The average Bonchev–Trinajstić information content (AvgIpc) is 3.32. The normalized spacial score (nSPS) is 21.6. The number of likely N-dealkylation sites (tertiary alicyclic amines) is 1. The average molecular weight is 414 g/mol. The van der Waals surface area contributed by atoms with Gasteiger partial charge in [0, 0.05) is 62.6 Å². The Balaban J connectivity index is 1.51. The van der Waals surface area contributed by atoms with Gasteiger partial charge in [0.2, 0.25) is 5.91 Å². The number of nitrogens with one attached hydrogen (secondary N) is 1. The summed E-state index contributed by atoms with van der Waals surface area (Å²) < 4.78 is 0. The van der Waals surface area contributed by atoms with E-state index in [-0.39, 0.29) is 29.7 Å². The minimum atomic E-state index is -0.0923. The molecule has 31 heavy (non-hydrogen) atoms. The Kier molecular flexibility index (Phi) is 4.69. The van der Waals surface area contributed by atoms with Gasteiger partial charge in [-0.25, -0.2) is 0 Å². The summed E-state index contributed by atoms with van der Waals surface area (Å²) in [4.78, 5) is 29.5. The van der Waals surface area contributed by atoms with Crippen LogP contribution in [0.2, 0.25) is 0 Å². The van der Waals surface area contributed by atoms with E-state index < -0.39 is 0 Å². The van der Waals surface area contributed by atoms with Crippen molar-refractivity contribution in [3.8, 4) is 0 Å². The van der Waals surface area contributed by atoms with Gasteiger partial charge in [-0.2, -0.15) is 0 Å². The predicted molar refractivity (Wildman–Crippen MR) is 123 cm³/mol. The van der Waals surface area contributed by atoms with E-state index in [9.17, 15) is 9.59 Å². The Morgan fingerprint density at radius 3 is 2.29 bits per heavy atom. The summed E-state index contributed by atoms with van der Waals surface area (Å²) >= 11 is 0. The van der Waals surface area contributed by atoms with Crippen LogP contribution in [0.4, 0.5) is 5.69 Å². The maximum absolute atomic E-state index is 13.5. The maximum atomic E-state index is 13.5. The van der Waals surface area contributed by atoms with Crippen LogP contribution in [0, 0.1) is 5.92 Å². The molecule has 3 aromatic carbocycles. The lowest BCUT2D eigenvalue weighted by Gasteiger charge is -2.23. The third kappa shape index (κ3) is 3.16. The standard InChI is InChI=1S/C26H27N3O2/c1-16(30)29-14-22-18-9-5-7-11-20(18)25(23(22)15-29)27-26(31)21-12-13-24(28(2)3)19-10-6-4-8-17(19)21/h4-13,22-23,25H,14-15H2,1-3H3,(H,27,31)/t22-,23-,25-/m0/s1. The van der Waals surface area contributed by atoms with Crippen molar-refractivity contribution >= 4 is 28.3 Å². The fraction of sp³-hybridized carbons (Fsp3) is 0.308. The molecule has 2 aliphatic rings. The van der Waals surface area contributed by atoms with Gasteiger partial charge in [0.05, 0.1) is 6.04 Å². The lowest BCUT2D eigenvalue weighted by atomic mass is 9.94. The van der Waals surface area contributed by atoms with Crippen LogP contribution in [0.3, 0.4) is 0 Å². The van der Waals surface area contributed by atoms with Crippen molar-refractivity contribution in [3.05, 3.63) is 77.4 Å². The molecule has 0 bridgehead atoms. The summed E-state index contributed by atoms with van der Waals surface area (Å²) in [5.41, 5.74) is 4.22. The van der Waals surface area contributed by atoms with Crippen LogP contribution in [0.25, 0.3) is 10.8 Å². The monoisotopic (exact) mass is 413 g/mol. The maximum Gasteiger partial charge on any atom is 0.252 e. The molecular weight excluding hydrogens is 386 g/mol. The first-order valence-electron chi connectivity index (χ1n) is 10.8. The smallest absolute Gasteiger partial charge is 0.252 e. The second-order valence-electron chi connectivity index (χ2n) is 8.85. The summed E-state index contributed by atoms with van der Waals surface area (Å²) in [5.74, 6) is 0.515. The van der Waals surface area contributed by atoms with E-state index in [1.54, 1.807) is 6.92 Å². The van der Waals surface area contributed by atoms with Gasteiger partial charge < -0.3 is 15.1 Å². The van der Waals surface area contributed by atoms with Crippen LogP contribution in [0.1, 0.15) is 40.4 Å². The lowest BCUT2D eigenvalue weighted by molar-refractivity contribution is -0.128. The van der Waals surface area contributed by atoms with E-state index in [1.165, 1.54) is 11.1 Å². The van der Waals surface area contributed by atoms with Gasteiger partial charge in [0.15, 0.2) is 0 Å². The predicted octanol–water partition coefficient (Wildman–Crippen LogP) is 3.95. The number of hydrogen-bond acceptors (Lipinski definition) is 3. The summed E-state index contributed by atoms with van der Waals surface area (Å²) in [6, 6.07) is 20.2. The highest BCUT2D eigenvalue weighted by Crippen LogP contribution is 2.49. The number of carbonyl (C=O) groups is 2. The van der Waals surface area contributed by atoms with E-state index in [0.29, 0.717) is 12.1 Å². The van der Waals surface area contributed by atoms with Gasteiger partial charge >= 0.3 is 0 Å². The minimum Gasteiger partial charge on any atom is -0.377 e. The van der Waals surface area contributed by atoms with Crippen molar-refractivity contribution in [2.45, 2.75) is 18.9 Å². The molecule has 0 radical (unpaired) electrons. The molecule has 2 amide bonds. The van der Waals surface area contributed by atoms with E-state index in [2.05, 4.69) is 28.4 Å². The largest absolute Gasteiger partial charge is 0.377 e. The van der Waals surface area contributed by atoms with E-state index in [0.717, 1.165) is 23.0 Å². The van der Waals surface area contributed by atoms with E-state index >= 15 is 0 Å². The van der Waals surface area contributed by atoms with Crippen molar-refractivity contribution in [3.63, 3.8) is 0 Å². The van der Waals surface area contributed by atoms with E-state index in [4.69, 9.17) is 0 Å². The number of benzene rings is 3. The molecule has 0 saturated carbocycles. The van der Waals surface area contributed by atoms with Crippen LogP contribution in [0.15, 0.2) is 60.7 Å². The third-order valence-electron chi connectivity index (χ3n) is 6.88. The zero-order valence-corrected chi connectivity index (χ0v) is 18.1. The Bertz CT molecular complexity index is 1190. The Morgan fingerprint density at radius 2 is 1.58 bits per heavy atom. The quantitative estimate of drug-likeness (QED) is 0.707. The molecule has 158 valence electrons. The molecule has 5 rings (SSSR count). The van der Waals surface area contributed by atoms with Gasteiger partial charge in [-0.1, -0.05) is 48.5 Å². The van der Waals surface area contributed by atoms with Gasteiger partial charge in [-0.15, -0.1) is 0 Å².